The third-order valence-electron chi connectivity index (χ3n) is 5.19. The van der Waals surface area contributed by atoms with Crippen LogP contribution in [0.2, 0.25) is 5.02 Å². The molecule has 4 nitrogen and oxygen atoms in total. The number of hydrogen-bond donors (Lipinski definition) is 0. The Morgan fingerprint density at radius 1 is 1.20 bits per heavy atom. The van der Waals surface area contributed by atoms with Crippen molar-refractivity contribution in [3.8, 4) is 0 Å². The molecule has 1 heterocycles. The van der Waals surface area contributed by atoms with Crippen molar-refractivity contribution in [1.29, 1.82) is 0 Å². The zero-order chi connectivity index (χ0) is 22.1. The number of hydrogen-bond acceptors (Lipinski definition) is 2. The van der Waals surface area contributed by atoms with Gasteiger partial charge in [0.1, 0.15) is 0 Å². The molecule has 0 spiro atoms. The van der Waals surface area contributed by atoms with Crippen molar-refractivity contribution in [3.63, 3.8) is 0 Å². The number of ether oxygens (including phenoxy) is 1. The van der Waals surface area contributed by atoms with Crippen LogP contribution in [0.15, 0.2) is 42.6 Å². The number of methoxy groups -OCH3 is 1. The smallest absolute Gasteiger partial charge is 0.223 e. The van der Waals surface area contributed by atoms with Gasteiger partial charge in [-0.3, -0.25) is 4.79 Å². The van der Waals surface area contributed by atoms with Crippen LogP contribution in [0.3, 0.4) is 0 Å². The summed E-state index contributed by atoms with van der Waals surface area (Å²) in [6, 6.07) is 12.0. The largest absolute Gasteiger partial charge is 0.385 e. The molecule has 0 bridgehead atoms. The Labute approximate surface area is 187 Å². The van der Waals surface area contributed by atoms with Gasteiger partial charge >= 0.3 is 0 Å². The Kier molecular flexibility index (Phi) is 9.44. The molecule has 1 amide bonds. The zero-order valence-corrected chi connectivity index (χ0v) is 19.9. The average Bonchev–Trinajstić information content (AvgIpc) is 3.08. The molecule has 0 aliphatic rings. The lowest BCUT2D eigenvalue weighted by atomic mass is 9.84. The van der Waals surface area contributed by atoms with Crippen LogP contribution >= 0.6 is 11.6 Å². The minimum atomic E-state index is 0.216. The van der Waals surface area contributed by atoms with E-state index < -0.39 is 0 Å². The van der Waals surface area contributed by atoms with E-state index in [1.807, 2.05) is 35.2 Å². The maximum absolute atomic E-state index is 13.1. The maximum Gasteiger partial charge on any atom is 0.223 e. The summed E-state index contributed by atoms with van der Waals surface area (Å²) >= 11 is 6.35. The van der Waals surface area contributed by atoms with Crippen LogP contribution in [0.5, 0.6) is 0 Å². The molecule has 0 saturated carbocycles. The van der Waals surface area contributed by atoms with Crippen LogP contribution in [-0.2, 0) is 22.6 Å². The lowest BCUT2D eigenvalue weighted by Crippen LogP contribution is -2.34. The van der Waals surface area contributed by atoms with E-state index in [0.717, 1.165) is 29.1 Å². The summed E-state index contributed by atoms with van der Waals surface area (Å²) in [6.45, 7) is 11.5. The summed E-state index contributed by atoms with van der Waals surface area (Å²) in [4.78, 5) is 15.1. The van der Waals surface area contributed by atoms with Gasteiger partial charge in [0, 0.05) is 50.1 Å². The summed E-state index contributed by atoms with van der Waals surface area (Å²) in [7, 11) is 1.70. The maximum atomic E-state index is 13.1. The second kappa shape index (κ2) is 11.6. The fraction of sp³-hybridized carbons (Fsp3) is 0.560. The SMILES string of the molecule is COCCCN(Cc1cccn1Cc1ccccc1Cl)C(=O)CC(C)CC(C)(C)C. The summed E-state index contributed by atoms with van der Waals surface area (Å²) < 4.78 is 7.39. The number of aromatic nitrogens is 1. The molecule has 2 rings (SSSR count). The molecule has 0 radical (unpaired) electrons. The van der Waals surface area contributed by atoms with Gasteiger partial charge in [-0.2, -0.15) is 0 Å². The highest BCUT2D eigenvalue weighted by Crippen LogP contribution is 2.26. The van der Waals surface area contributed by atoms with Crippen LogP contribution in [-0.4, -0.2) is 35.6 Å². The molecular formula is C25H37ClN2O2. The molecule has 30 heavy (non-hydrogen) atoms. The number of nitrogens with zero attached hydrogens (tertiary/aromatic N) is 2. The Balaban J connectivity index is 2.10. The molecule has 1 aromatic carbocycles. The molecule has 166 valence electrons. The van der Waals surface area contributed by atoms with Gasteiger partial charge in [0.05, 0.1) is 6.54 Å². The molecule has 5 heteroatoms. The van der Waals surface area contributed by atoms with E-state index >= 15 is 0 Å². The Morgan fingerprint density at radius 3 is 2.60 bits per heavy atom. The third kappa shape index (κ3) is 8.16. The Bertz CT molecular complexity index is 794. The first-order valence-electron chi connectivity index (χ1n) is 10.8. The molecule has 1 unspecified atom stereocenters. The minimum Gasteiger partial charge on any atom is -0.385 e. The predicted molar refractivity (Wildman–Crippen MR) is 125 cm³/mol. The van der Waals surface area contributed by atoms with Crippen molar-refractivity contribution in [2.45, 2.75) is 60.0 Å². The van der Waals surface area contributed by atoms with Crippen LogP contribution in [0.1, 0.15) is 58.2 Å². The quantitative estimate of drug-likeness (QED) is 0.407. The van der Waals surface area contributed by atoms with Gasteiger partial charge in [0.25, 0.3) is 0 Å². The fourth-order valence-electron chi connectivity index (χ4n) is 3.99. The van der Waals surface area contributed by atoms with E-state index in [2.05, 4.69) is 44.5 Å². The monoisotopic (exact) mass is 432 g/mol. The summed E-state index contributed by atoms with van der Waals surface area (Å²) in [5.74, 6) is 0.575. The van der Waals surface area contributed by atoms with Crippen LogP contribution < -0.4 is 0 Å². The van der Waals surface area contributed by atoms with Gasteiger partial charge in [-0.05, 0) is 47.9 Å². The van der Waals surface area contributed by atoms with E-state index in [4.69, 9.17) is 16.3 Å². The summed E-state index contributed by atoms with van der Waals surface area (Å²) in [5.41, 5.74) is 2.42. The van der Waals surface area contributed by atoms with Gasteiger partial charge in [0.15, 0.2) is 0 Å². The summed E-state index contributed by atoms with van der Waals surface area (Å²) in [6.07, 6.45) is 4.50. The first-order chi connectivity index (χ1) is 14.2. The molecule has 2 aromatic rings. The van der Waals surface area contributed by atoms with E-state index in [0.29, 0.717) is 38.6 Å². The lowest BCUT2D eigenvalue weighted by Gasteiger charge is -2.27. The normalized spacial score (nSPS) is 12.7. The van der Waals surface area contributed by atoms with Crippen molar-refractivity contribution < 1.29 is 9.53 Å². The highest BCUT2D eigenvalue weighted by atomic mass is 35.5. The minimum absolute atomic E-state index is 0.216. The van der Waals surface area contributed by atoms with E-state index in [1.165, 1.54) is 0 Å². The van der Waals surface area contributed by atoms with Crippen molar-refractivity contribution in [2.75, 3.05) is 20.3 Å². The standard InChI is InChI=1S/C25H37ClN2O2/c1-20(17-25(2,3)4)16-24(29)28(14-9-15-30-5)19-22-11-8-13-27(22)18-21-10-6-7-12-23(21)26/h6-8,10-13,20H,9,14-19H2,1-5H3. The van der Waals surface area contributed by atoms with Crippen LogP contribution in [0.4, 0.5) is 0 Å². The van der Waals surface area contributed by atoms with Gasteiger partial charge in [-0.1, -0.05) is 57.5 Å². The second-order valence-electron chi connectivity index (χ2n) is 9.45. The molecule has 0 saturated heterocycles. The van der Waals surface area contributed by atoms with Gasteiger partial charge < -0.3 is 14.2 Å². The first kappa shape index (κ1) is 24.5. The molecule has 0 aliphatic heterocycles. The molecule has 1 aromatic heterocycles. The number of benzene rings is 1. The van der Waals surface area contributed by atoms with Gasteiger partial charge in [-0.25, -0.2) is 0 Å². The molecule has 1 atom stereocenters. The van der Waals surface area contributed by atoms with Crippen molar-refractivity contribution in [1.82, 2.24) is 9.47 Å². The highest BCUT2D eigenvalue weighted by Gasteiger charge is 2.22. The zero-order valence-electron chi connectivity index (χ0n) is 19.2. The first-order valence-corrected chi connectivity index (χ1v) is 11.2. The predicted octanol–water partition coefficient (Wildman–Crippen LogP) is 6.02. The van der Waals surface area contributed by atoms with Crippen molar-refractivity contribution in [2.24, 2.45) is 11.3 Å². The number of carbonyl (C=O) groups is 1. The fourth-order valence-corrected chi connectivity index (χ4v) is 4.18. The molecule has 0 aliphatic carbocycles. The van der Waals surface area contributed by atoms with Gasteiger partial charge in [0.2, 0.25) is 5.91 Å². The molecular weight excluding hydrogens is 396 g/mol. The lowest BCUT2D eigenvalue weighted by molar-refractivity contribution is -0.133. The van der Waals surface area contributed by atoms with Crippen molar-refractivity contribution in [3.05, 3.63) is 58.9 Å². The average molecular weight is 433 g/mol. The van der Waals surface area contributed by atoms with Crippen molar-refractivity contribution >= 4 is 17.5 Å². The Hall–Kier alpha value is -1.78. The number of halogens is 1. The Morgan fingerprint density at radius 2 is 1.93 bits per heavy atom. The summed E-state index contributed by atoms with van der Waals surface area (Å²) in [5, 5.41) is 0.765. The van der Waals surface area contributed by atoms with Crippen LogP contribution in [0, 0.1) is 11.3 Å². The second-order valence-corrected chi connectivity index (χ2v) is 9.86. The number of carbonyl (C=O) groups excluding carboxylic acids is 1. The number of amides is 1. The van der Waals surface area contributed by atoms with Crippen LogP contribution in [0.25, 0.3) is 0 Å². The molecule has 0 N–H and O–H groups in total. The third-order valence-corrected chi connectivity index (χ3v) is 5.56. The topological polar surface area (TPSA) is 34.5 Å². The molecule has 0 fully saturated rings. The highest BCUT2D eigenvalue weighted by molar-refractivity contribution is 6.31. The van der Waals surface area contributed by atoms with E-state index in [9.17, 15) is 4.79 Å². The van der Waals surface area contributed by atoms with E-state index in [-0.39, 0.29) is 11.3 Å². The van der Waals surface area contributed by atoms with E-state index in [1.54, 1.807) is 7.11 Å². The van der Waals surface area contributed by atoms with Gasteiger partial charge in [-0.15, -0.1) is 0 Å². The number of rotatable bonds is 11.